The van der Waals surface area contributed by atoms with E-state index in [2.05, 4.69) is 10.1 Å². The molecule has 0 bridgehead atoms. The molecule has 9 heteroatoms. The van der Waals surface area contributed by atoms with Gasteiger partial charge in [0, 0.05) is 24.2 Å². The molecule has 2 aliphatic carbocycles. The summed E-state index contributed by atoms with van der Waals surface area (Å²) in [5, 5.41) is 12.0. The fourth-order valence-corrected chi connectivity index (χ4v) is 3.42. The zero-order chi connectivity index (χ0) is 20.3. The predicted molar refractivity (Wildman–Crippen MR) is 95.8 cm³/mol. The second-order valence-corrected chi connectivity index (χ2v) is 7.31. The third-order valence-electron chi connectivity index (χ3n) is 5.13. The summed E-state index contributed by atoms with van der Waals surface area (Å²) in [6.45, 7) is -2.17. The molecule has 0 unspecified atom stereocenters. The number of rotatable bonds is 10. The van der Waals surface area contributed by atoms with E-state index >= 15 is 0 Å². The van der Waals surface area contributed by atoms with E-state index in [-0.39, 0.29) is 41.6 Å². The van der Waals surface area contributed by atoms with Crippen LogP contribution < -0.4 is 14.8 Å². The summed E-state index contributed by atoms with van der Waals surface area (Å²) in [6.07, 6.45) is 3.68. The number of halogens is 2. The average Bonchev–Trinajstić information content (AvgIpc) is 3.40. The van der Waals surface area contributed by atoms with Gasteiger partial charge < -0.3 is 19.9 Å². The van der Waals surface area contributed by atoms with Crippen LogP contribution in [-0.2, 0) is 4.79 Å². The lowest BCUT2D eigenvalue weighted by Crippen LogP contribution is -2.55. The van der Waals surface area contributed by atoms with Crippen LogP contribution in [0, 0.1) is 5.92 Å². The number of benzene rings is 1. The molecular weight excluding hydrogens is 374 g/mol. The molecule has 0 saturated heterocycles. The molecule has 0 aliphatic heterocycles. The Balaban J connectivity index is 1.53. The standard InChI is InChI=1S/C19H24F2N2O5/c1-27-16-6-12(4-5-15(16)28-19(20)21)18(26)22-13-7-14(8-13)23(10-17(24)25)9-11-2-3-11/h4-6,11,13-14,19H,2-3,7-10H2,1H3,(H,22,26)(H,24,25). The van der Waals surface area contributed by atoms with Crippen LogP contribution in [0.5, 0.6) is 11.5 Å². The van der Waals surface area contributed by atoms with Gasteiger partial charge in [0.05, 0.1) is 13.7 Å². The summed E-state index contributed by atoms with van der Waals surface area (Å²) in [4.78, 5) is 25.5. The zero-order valence-electron chi connectivity index (χ0n) is 15.6. The highest BCUT2D eigenvalue weighted by Gasteiger charge is 2.37. The maximum Gasteiger partial charge on any atom is 0.387 e. The molecule has 0 radical (unpaired) electrons. The molecule has 2 fully saturated rings. The lowest BCUT2D eigenvalue weighted by molar-refractivity contribution is -0.139. The number of ether oxygens (including phenoxy) is 2. The summed E-state index contributed by atoms with van der Waals surface area (Å²) in [5.41, 5.74) is 0.280. The van der Waals surface area contributed by atoms with Crippen molar-refractivity contribution in [3.05, 3.63) is 23.8 Å². The number of methoxy groups -OCH3 is 1. The zero-order valence-corrected chi connectivity index (χ0v) is 15.6. The summed E-state index contributed by atoms with van der Waals surface area (Å²) in [7, 11) is 1.31. The normalized spacial score (nSPS) is 21.3. The topological polar surface area (TPSA) is 88.1 Å². The molecule has 1 amide bonds. The Morgan fingerprint density at radius 1 is 1.29 bits per heavy atom. The highest BCUT2D eigenvalue weighted by atomic mass is 19.3. The third-order valence-corrected chi connectivity index (χ3v) is 5.13. The van der Waals surface area contributed by atoms with E-state index in [1.165, 1.54) is 25.3 Å². The van der Waals surface area contributed by atoms with Crippen LogP contribution in [0.4, 0.5) is 8.78 Å². The first kappa shape index (κ1) is 20.3. The quantitative estimate of drug-likeness (QED) is 0.629. The van der Waals surface area contributed by atoms with Crippen LogP contribution >= 0.6 is 0 Å². The second-order valence-electron chi connectivity index (χ2n) is 7.31. The van der Waals surface area contributed by atoms with Crippen molar-refractivity contribution in [1.29, 1.82) is 0 Å². The van der Waals surface area contributed by atoms with Crippen molar-refractivity contribution in [2.24, 2.45) is 5.92 Å². The minimum atomic E-state index is -2.98. The van der Waals surface area contributed by atoms with Crippen LogP contribution in [0.25, 0.3) is 0 Å². The van der Waals surface area contributed by atoms with E-state index in [9.17, 15) is 18.4 Å². The van der Waals surface area contributed by atoms with Gasteiger partial charge in [-0.3, -0.25) is 14.5 Å². The number of carbonyl (C=O) groups is 2. The Bertz CT molecular complexity index is 720. The van der Waals surface area contributed by atoms with Gasteiger partial charge in [-0.2, -0.15) is 8.78 Å². The Kier molecular flexibility index (Phi) is 6.33. The number of carbonyl (C=O) groups excluding carboxylic acids is 1. The molecule has 7 nitrogen and oxygen atoms in total. The van der Waals surface area contributed by atoms with Crippen molar-refractivity contribution in [2.75, 3.05) is 20.2 Å². The fourth-order valence-electron chi connectivity index (χ4n) is 3.42. The number of hydrogen-bond acceptors (Lipinski definition) is 5. The maximum atomic E-state index is 12.4. The number of alkyl halides is 2. The van der Waals surface area contributed by atoms with E-state index in [1.807, 2.05) is 4.90 Å². The van der Waals surface area contributed by atoms with E-state index in [4.69, 9.17) is 9.84 Å². The van der Waals surface area contributed by atoms with Crippen molar-refractivity contribution in [3.63, 3.8) is 0 Å². The Labute approximate surface area is 161 Å². The van der Waals surface area contributed by atoms with E-state index in [0.29, 0.717) is 18.8 Å². The molecule has 3 rings (SSSR count). The third kappa shape index (κ3) is 5.31. The van der Waals surface area contributed by atoms with Crippen LogP contribution in [0.15, 0.2) is 18.2 Å². The smallest absolute Gasteiger partial charge is 0.387 e. The monoisotopic (exact) mass is 398 g/mol. The molecule has 28 heavy (non-hydrogen) atoms. The fraction of sp³-hybridized carbons (Fsp3) is 0.579. The number of nitrogens with zero attached hydrogens (tertiary/aromatic N) is 1. The lowest BCUT2D eigenvalue weighted by Gasteiger charge is -2.42. The number of carboxylic acids is 1. The highest BCUT2D eigenvalue weighted by Crippen LogP contribution is 2.34. The molecule has 0 spiro atoms. The van der Waals surface area contributed by atoms with Gasteiger partial charge in [0.2, 0.25) is 0 Å². The summed E-state index contributed by atoms with van der Waals surface area (Å²) < 4.78 is 34.1. The largest absolute Gasteiger partial charge is 0.493 e. The molecular formula is C19H24F2N2O5. The van der Waals surface area contributed by atoms with E-state index in [0.717, 1.165) is 19.4 Å². The molecule has 1 aromatic carbocycles. The molecule has 0 aromatic heterocycles. The Morgan fingerprint density at radius 3 is 2.57 bits per heavy atom. The van der Waals surface area contributed by atoms with Crippen molar-refractivity contribution in [1.82, 2.24) is 10.2 Å². The minimum Gasteiger partial charge on any atom is -0.493 e. The number of amides is 1. The SMILES string of the molecule is COc1cc(C(=O)NC2CC(N(CC(=O)O)CC3CC3)C2)ccc1OC(F)F. The van der Waals surface area contributed by atoms with Gasteiger partial charge in [0.25, 0.3) is 5.91 Å². The van der Waals surface area contributed by atoms with Gasteiger partial charge in [-0.15, -0.1) is 0 Å². The van der Waals surface area contributed by atoms with Crippen LogP contribution in [0.2, 0.25) is 0 Å². The summed E-state index contributed by atoms with van der Waals surface area (Å²) >= 11 is 0. The highest BCUT2D eigenvalue weighted by molar-refractivity contribution is 5.95. The van der Waals surface area contributed by atoms with Gasteiger partial charge in [0.1, 0.15) is 0 Å². The average molecular weight is 398 g/mol. The molecule has 1 aromatic rings. The van der Waals surface area contributed by atoms with Gasteiger partial charge >= 0.3 is 12.6 Å². The van der Waals surface area contributed by atoms with Crippen LogP contribution in [-0.4, -0.2) is 60.8 Å². The molecule has 154 valence electrons. The first-order valence-corrected chi connectivity index (χ1v) is 9.25. The number of carboxylic acid groups (broad SMARTS) is 1. The first-order valence-electron chi connectivity index (χ1n) is 9.25. The predicted octanol–water partition coefficient (Wildman–Crippen LogP) is 2.35. The van der Waals surface area contributed by atoms with Gasteiger partial charge in [-0.25, -0.2) is 0 Å². The van der Waals surface area contributed by atoms with E-state index < -0.39 is 12.6 Å². The van der Waals surface area contributed by atoms with E-state index in [1.54, 1.807) is 0 Å². The van der Waals surface area contributed by atoms with Crippen molar-refractivity contribution in [3.8, 4) is 11.5 Å². The molecule has 0 atom stereocenters. The number of aliphatic carboxylic acids is 1. The number of nitrogens with one attached hydrogen (secondary N) is 1. The summed E-state index contributed by atoms with van der Waals surface area (Å²) in [6, 6.07) is 4.13. The second kappa shape index (κ2) is 8.72. The van der Waals surface area contributed by atoms with Crippen molar-refractivity contribution in [2.45, 2.75) is 44.4 Å². The van der Waals surface area contributed by atoms with Crippen molar-refractivity contribution < 1.29 is 33.0 Å². The molecule has 2 saturated carbocycles. The molecule has 2 N–H and O–H groups in total. The summed E-state index contributed by atoms with van der Waals surface area (Å²) in [5.74, 6) is -0.670. The van der Waals surface area contributed by atoms with Crippen LogP contribution in [0.1, 0.15) is 36.0 Å². The van der Waals surface area contributed by atoms with Gasteiger partial charge in [-0.1, -0.05) is 0 Å². The molecule has 0 heterocycles. The van der Waals surface area contributed by atoms with Crippen LogP contribution in [0.3, 0.4) is 0 Å². The van der Waals surface area contributed by atoms with Crippen molar-refractivity contribution >= 4 is 11.9 Å². The van der Waals surface area contributed by atoms with Gasteiger partial charge in [-0.05, 0) is 49.8 Å². The lowest BCUT2D eigenvalue weighted by atomic mass is 9.85. The minimum absolute atomic E-state index is 0.0185. The Morgan fingerprint density at radius 2 is 2.00 bits per heavy atom. The maximum absolute atomic E-state index is 12.4. The Hall–Kier alpha value is -2.42. The van der Waals surface area contributed by atoms with Gasteiger partial charge in [0.15, 0.2) is 11.5 Å². The molecule has 2 aliphatic rings. The number of hydrogen-bond donors (Lipinski definition) is 2. The first-order chi connectivity index (χ1) is 13.4.